The smallest absolute Gasteiger partial charge is 0.494 e. The van der Waals surface area contributed by atoms with Crippen LogP contribution < -0.4 is 14.4 Å². The average Bonchev–Trinajstić information content (AvgIpc) is 2.68. The summed E-state index contributed by atoms with van der Waals surface area (Å²) in [6.45, 7) is 3.58. The first-order valence-electron chi connectivity index (χ1n) is 9.03. The Balaban J connectivity index is 1.72. The second kappa shape index (κ2) is 8.50. The molecule has 1 aliphatic rings. The van der Waals surface area contributed by atoms with Crippen LogP contribution in [0.3, 0.4) is 0 Å². The van der Waals surface area contributed by atoms with E-state index in [-0.39, 0.29) is 13.1 Å². The maximum Gasteiger partial charge on any atom is 0.573 e. The molecule has 0 saturated carbocycles. The highest BCUT2D eigenvalue weighted by atomic mass is 32.2. The van der Waals surface area contributed by atoms with E-state index in [1.54, 1.807) is 0 Å². The van der Waals surface area contributed by atoms with Crippen molar-refractivity contribution in [2.75, 3.05) is 37.7 Å². The van der Waals surface area contributed by atoms with Gasteiger partial charge in [-0.1, -0.05) is 12.1 Å². The summed E-state index contributed by atoms with van der Waals surface area (Å²) in [7, 11) is -4.12. The lowest BCUT2D eigenvalue weighted by atomic mass is 10.2. The molecule has 1 fully saturated rings. The van der Waals surface area contributed by atoms with Gasteiger partial charge in [0.1, 0.15) is 16.4 Å². The van der Waals surface area contributed by atoms with Gasteiger partial charge in [-0.15, -0.1) is 13.2 Å². The lowest BCUT2D eigenvalue weighted by Crippen LogP contribution is -2.48. The molecule has 29 heavy (non-hydrogen) atoms. The van der Waals surface area contributed by atoms with E-state index in [0.717, 1.165) is 23.6 Å². The van der Waals surface area contributed by atoms with Crippen molar-refractivity contribution < 1.29 is 31.1 Å². The number of nitrogens with zero attached hydrogens (tertiary/aromatic N) is 2. The summed E-state index contributed by atoms with van der Waals surface area (Å²) in [5.41, 5.74) is 0.923. The minimum absolute atomic E-state index is 0.149. The monoisotopic (exact) mass is 430 g/mol. The van der Waals surface area contributed by atoms with E-state index in [2.05, 4.69) is 4.74 Å². The molecule has 0 atom stereocenters. The summed E-state index contributed by atoms with van der Waals surface area (Å²) in [5.74, 6) is 0.0210. The molecule has 0 bridgehead atoms. The lowest BCUT2D eigenvalue weighted by Gasteiger charge is -2.35. The fourth-order valence-electron chi connectivity index (χ4n) is 3.12. The topological polar surface area (TPSA) is 59.1 Å². The molecule has 0 aromatic heterocycles. The highest BCUT2D eigenvalue weighted by Crippen LogP contribution is 2.32. The second-order valence-corrected chi connectivity index (χ2v) is 8.22. The predicted octanol–water partition coefficient (Wildman–Crippen LogP) is 3.49. The van der Waals surface area contributed by atoms with Gasteiger partial charge in [-0.05, 0) is 43.3 Å². The third kappa shape index (κ3) is 5.13. The van der Waals surface area contributed by atoms with E-state index >= 15 is 0 Å². The first kappa shape index (κ1) is 21.3. The number of anilines is 1. The summed E-state index contributed by atoms with van der Waals surface area (Å²) < 4.78 is 74.1. The third-order valence-electron chi connectivity index (χ3n) is 4.44. The Hall–Kier alpha value is -2.46. The van der Waals surface area contributed by atoms with Crippen molar-refractivity contribution in [3.63, 3.8) is 0 Å². The Bertz CT molecular complexity index is 925. The maximum absolute atomic E-state index is 12.9. The summed E-state index contributed by atoms with van der Waals surface area (Å²) in [6, 6.07) is 12.2. The highest BCUT2D eigenvalue weighted by molar-refractivity contribution is 7.89. The number of ether oxygens (including phenoxy) is 2. The number of sulfonamides is 1. The van der Waals surface area contributed by atoms with Crippen LogP contribution >= 0.6 is 0 Å². The summed E-state index contributed by atoms with van der Waals surface area (Å²) in [5, 5.41) is 0. The number of para-hydroxylation sites is 1. The Labute approximate surface area is 167 Å². The number of hydrogen-bond acceptors (Lipinski definition) is 5. The number of hydrogen-bond donors (Lipinski definition) is 0. The zero-order chi connectivity index (χ0) is 21.1. The van der Waals surface area contributed by atoms with E-state index in [1.165, 1.54) is 16.4 Å². The number of benzene rings is 2. The minimum Gasteiger partial charge on any atom is -0.494 e. The molecule has 0 unspecified atom stereocenters. The van der Waals surface area contributed by atoms with E-state index in [0.29, 0.717) is 19.7 Å². The van der Waals surface area contributed by atoms with Gasteiger partial charge in [0.25, 0.3) is 0 Å². The molecule has 1 saturated heterocycles. The van der Waals surface area contributed by atoms with Crippen LogP contribution in [0.2, 0.25) is 0 Å². The van der Waals surface area contributed by atoms with Gasteiger partial charge in [-0.2, -0.15) is 4.31 Å². The van der Waals surface area contributed by atoms with Crippen LogP contribution in [0.15, 0.2) is 53.4 Å². The average molecular weight is 430 g/mol. The van der Waals surface area contributed by atoms with Crippen LogP contribution in [0.1, 0.15) is 6.92 Å². The standard InChI is InChI=1S/C19H21F3N2O4S/c1-2-27-16-9-7-15(8-10-16)23-11-13-24(14-12-23)29(25,26)18-6-4-3-5-17(18)28-19(20,21)22/h3-10H,2,11-14H2,1H3. The van der Waals surface area contributed by atoms with E-state index < -0.39 is 27.0 Å². The molecular weight excluding hydrogens is 409 g/mol. The van der Waals surface area contributed by atoms with Crippen molar-refractivity contribution in [1.82, 2.24) is 4.31 Å². The molecular formula is C19H21F3N2O4S. The van der Waals surface area contributed by atoms with Gasteiger partial charge in [-0.3, -0.25) is 0 Å². The Morgan fingerprint density at radius 2 is 1.59 bits per heavy atom. The van der Waals surface area contributed by atoms with Crippen LogP contribution in [-0.2, 0) is 10.0 Å². The van der Waals surface area contributed by atoms with Crippen molar-refractivity contribution in [3.8, 4) is 11.5 Å². The Morgan fingerprint density at radius 3 is 2.17 bits per heavy atom. The fourth-order valence-corrected chi connectivity index (χ4v) is 4.65. The molecule has 0 spiro atoms. The molecule has 0 radical (unpaired) electrons. The molecule has 6 nitrogen and oxygen atoms in total. The molecule has 0 N–H and O–H groups in total. The quantitative estimate of drug-likeness (QED) is 0.702. The largest absolute Gasteiger partial charge is 0.573 e. The predicted molar refractivity (Wildman–Crippen MR) is 102 cm³/mol. The molecule has 10 heteroatoms. The summed E-state index contributed by atoms with van der Waals surface area (Å²) in [6.07, 6.45) is -4.97. The Kier molecular flexibility index (Phi) is 6.23. The number of piperazine rings is 1. The molecule has 1 heterocycles. The van der Waals surface area contributed by atoms with Gasteiger partial charge < -0.3 is 14.4 Å². The summed E-state index contributed by atoms with van der Waals surface area (Å²) >= 11 is 0. The zero-order valence-electron chi connectivity index (χ0n) is 15.7. The highest BCUT2D eigenvalue weighted by Gasteiger charge is 2.36. The number of rotatable bonds is 6. The van der Waals surface area contributed by atoms with Crippen LogP contribution in [0.25, 0.3) is 0 Å². The molecule has 158 valence electrons. The number of halogens is 3. The molecule has 2 aromatic carbocycles. The van der Waals surface area contributed by atoms with Crippen LogP contribution in [0.5, 0.6) is 11.5 Å². The van der Waals surface area contributed by atoms with Crippen molar-refractivity contribution >= 4 is 15.7 Å². The lowest BCUT2D eigenvalue weighted by molar-refractivity contribution is -0.275. The molecule has 0 aliphatic carbocycles. The van der Waals surface area contributed by atoms with Gasteiger partial charge in [0, 0.05) is 31.9 Å². The van der Waals surface area contributed by atoms with Crippen molar-refractivity contribution in [2.24, 2.45) is 0 Å². The third-order valence-corrected chi connectivity index (χ3v) is 6.38. The first-order chi connectivity index (χ1) is 13.7. The van der Waals surface area contributed by atoms with E-state index in [4.69, 9.17) is 4.74 Å². The second-order valence-electron chi connectivity index (χ2n) is 6.31. The zero-order valence-corrected chi connectivity index (χ0v) is 16.5. The first-order valence-corrected chi connectivity index (χ1v) is 10.5. The number of alkyl halides is 3. The van der Waals surface area contributed by atoms with Gasteiger partial charge in [0.2, 0.25) is 10.0 Å². The van der Waals surface area contributed by atoms with Crippen molar-refractivity contribution in [3.05, 3.63) is 48.5 Å². The van der Waals surface area contributed by atoms with Crippen molar-refractivity contribution in [1.29, 1.82) is 0 Å². The maximum atomic E-state index is 12.9. The normalized spacial score (nSPS) is 15.9. The molecule has 1 aliphatic heterocycles. The van der Waals surface area contributed by atoms with Gasteiger partial charge in [-0.25, -0.2) is 8.42 Å². The van der Waals surface area contributed by atoms with Gasteiger partial charge in [0.05, 0.1) is 6.61 Å². The molecule has 2 aromatic rings. The van der Waals surface area contributed by atoms with Crippen LogP contribution in [0, 0.1) is 0 Å². The van der Waals surface area contributed by atoms with E-state index in [1.807, 2.05) is 36.1 Å². The minimum atomic E-state index is -4.97. The molecule has 0 amide bonds. The van der Waals surface area contributed by atoms with Gasteiger partial charge >= 0.3 is 6.36 Å². The Morgan fingerprint density at radius 1 is 0.966 bits per heavy atom. The van der Waals surface area contributed by atoms with Gasteiger partial charge in [0.15, 0.2) is 0 Å². The fraction of sp³-hybridized carbons (Fsp3) is 0.368. The van der Waals surface area contributed by atoms with Crippen LogP contribution in [-0.4, -0.2) is 51.9 Å². The van der Waals surface area contributed by atoms with Crippen molar-refractivity contribution in [2.45, 2.75) is 18.2 Å². The summed E-state index contributed by atoms with van der Waals surface area (Å²) in [4.78, 5) is 1.52. The van der Waals surface area contributed by atoms with E-state index in [9.17, 15) is 21.6 Å². The van der Waals surface area contributed by atoms with Crippen LogP contribution in [0.4, 0.5) is 18.9 Å². The molecule has 3 rings (SSSR count). The SMILES string of the molecule is CCOc1ccc(N2CCN(S(=O)(=O)c3ccccc3OC(F)(F)F)CC2)cc1.